The third-order valence-electron chi connectivity index (χ3n) is 6.31. The number of pyridine rings is 1. The molecule has 2 aromatic carbocycles. The summed E-state index contributed by atoms with van der Waals surface area (Å²) in [6, 6.07) is 20.4. The summed E-state index contributed by atoms with van der Waals surface area (Å²) in [6.07, 6.45) is 2.18. The summed E-state index contributed by atoms with van der Waals surface area (Å²) < 4.78 is 6.25. The molecule has 1 aliphatic rings. The van der Waals surface area contributed by atoms with Crippen LogP contribution < -0.4 is 10.1 Å². The van der Waals surface area contributed by atoms with Crippen LogP contribution in [0.4, 0.5) is 5.13 Å². The summed E-state index contributed by atoms with van der Waals surface area (Å²) in [5.41, 5.74) is 5.85. The van der Waals surface area contributed by atoms with Crippen LogP contribution in [0.25, 0.3) is 11.3 Å². The molecule has 2 aromatic heterocycles. The zero-order chi connectivity index (χ0) is 23.7. The van der Waals surface area contributed by atoms with Crippen LogP contribution in [0.1, 0.15) is 49.8 Å². The summed E-state index contributed by atoms with van der Waals surface area (Å²) >= 11 is 1.30. The van der Waals surface area contributed by atoms with Crippen LogP contribution in [0.3, 0.4) is 0 Å². The molecule has 0 unspecified atom stereocenters. The van der Waals surface area contributed by atoms with E-state index in [-0.39, 0.29) is 11.8 Å². The minimum atomic E-state index is -0.800. The summed E-state index contributed by atoms with van der Waals surface area (Å²) in [5, 5.41) is 11.2. The molecule has 3 heterocycles. The number of aryl methyl sites for hydroxylation is 1. The highest BCUT2D eigenvalue weighted by molar-refractivity contribution is 7.13. The Labute approximate surface area is 203 Å². The summed E-state index contributed by atoms with van der Waals surface area (Å²) in [5.74, 6) is 0.886. The second-order valence-electron chi connectivity index (χ2n) is 9.03. The first-order chi connectivity index (χ1) is 16.5. The van der Waals surface area contributed by atoms with Gasteiger partial charge in [-0.15, -0.1) is 10.2 Å². The van der Waals surface area contributed by atoms with Gasteiger partial charge in [0.25, 0.3) is 0 Å². The van der Waals surface area contributed by atoms with E-state index in [1.54, 1.807) is 5.51 Å². The minimum absolute atomic E-state index is 0.132. The Balaban J connectivity index is 1.54. The van der Waals surface area contributed by atoms with E-state index in [1.165, 1.54) is 16.9 Å². The molecule has 0 radical (unpaired) electrons. The molecule has 0 bridgehead atoms. The second kappa shape index (κ2) is 8.99. The van der Waals surface area contributed by atoms with E-state index < -0.39 is 5.41 Å². The van der Waals surface area contributed by atoms with Crippen molar-refractivity contribution in [3.8, 4) is 22.9 Å². The van der Waals surface area contributed by atoms with Gasteiger partial charge >= 0.3 is 0 Å². The smallest absolute Gasteiger partial charge is 0.232 e. The van der Waals surface area contributed by atoms with Crippen molar-refractivity contribution < 1.29 is 9.53 Å². The molecular formula is C27H26N4O2S. The number of aromatic nitrogens is 3. The highest BCUT2D eigenvalue weighted by Gasteiger charge is 2.44. The van der Waals surface area contributed by atoms with Crippen LogP contribution in [0.5, 0.6) is 11.6 Å². The first-order valence-corrected chi connectivity index (χ1v) is 12.3. The monoisotopic (exact) mass is 470 g/mol. The molecule has 0 aliphatic carbocycles. The number of amides is 1. The van der Waals surface area contributed by atoms with E-state index in [0.29, 0.717) is 11.0 Å². The number of rotatable bonds is 6. The molecule has 1 N–H and O–H groups in total. The topological polar surface area (TPSA) is 77.0 Å². The number of nitrogens with one attached hydrogen (secondary N) is 1. The van der Waals surface area contributed by atoms with Crippen LogP contribution >= 0.6 is 11.3 Å². The van der Waals surface area contributed by atoms with E-state index in [9.17, 15) is 4.79 Å². The lowest BCUT2D eigenvalue weighted by molar-refractivity contribution is -0.124. The molecule has 7 heteroatoms. The molecule has 172 valence electrons. The van der Waals surface area contributed by atoms with Crippen LogP contribution in [0.2, 0.25) is 0 Å². The van der Waals surface area contributed by atoms with Crippen LogP contribution in [-0.4, -0.2) is 21.1 Å². The van der Waals surface area contributed by atoms with Crippen molar-refractivity contribution in [2.75, 3.05) is 5.32 Å². The average molecular weight is 471 g/mol. The van der Waals surface area contributed by atoms with E-state index >= 15 is 0 Å². The minimum Gasteiger partial charge on any atom is -0.438 e. The van der Waals surface area contributed by atoms with Gasteiger partial charge in [0.1, 0.15) is 11.3 Å². The fourth-order valence-corrected chi connectivity index (χ4v) is 4.96. The predicted molar refractivity (Wildman–Crippen MR) is 134 cm³/mol. The molecule has 0 saturated heterocycles. The van der Waals surface area contributed by atoms with E-state index in [0.717, 1.165) is 41.0 Å². The number of benzene rings is 2. The second-order valence-corrected chi connectivity index (χ2v) is 9.86. The number of carbonyl (C=O) groups is 1. The Morgan fingerprint density at radius 1 is 1.06 bits per heavy atom. The molecule has 1 aliphatic heterocycles. The lowest BCUT2D eigenvalue weighted by Crippen LogP contribution is -2.38. The molecule has 0 spiro atoms. The zero-order valence-electron chi connectivity index (χ0n) is 19.4. The molecule has 1 atom stereocenters. The lowest BCUT2D eigenvalue weighted by atomic mass is 9.69. The Kier molecular flexibility index (Phi) is 5.87. The van der Waals surface area contributed by atoms with Gasteiger partial charge in [0.15, 0.2) is 0 Å². The van der Waals surface area contributed by atoms with E-state index in [1.807, 2.05) is 50.2 Å². The first kappa shape index (κ1) is 22.2. The predicted octanol–water partition coefficient (Wildman–Crippen LogP) is 6.46. The van der Waals surface area contributed by atoms with Crippen LogP contribution in [0.15, 0.2) is 66.2 Å². The fraction of sp³-hybridized carbons (Fsp3) is 0.259. The number of fused-ring (bicyclic) bond motifs is 2. The van der Waals surface area contributed by atoms with Gasteiger partial charge < -0.3 is 10.1 Å². The van der Waals surface area contributed by atoms with Crippen LogP contribution in [0, 0.1) is 5.41 Å². The maximum atomic E-state index is 13.4. The first-order valence-electron chi connectivity index (χ1n) is 11.4. The molecule has 34 heavy (non-hydrogen) atoms. The number of nitrogens with zero attached hydrogens (tertiary/aromatic N) is 3. The maximum Gasteiger partial charge on any atom is 0.232 e. The van der Waals surface area contributed by atoms with Gasteiger partial charge in [-0.25, -0.2) is 4.98 Å². The number of hydrogen-bond donors (Lipinski definition) is 1. The van der Waals surface area contributed by atoms with E-state index in [2.05, 4.69) is 46.7 Å². The van der Waals surface area contributed by atoms with Crippen molar-refractivity contribution in [2.24, 2.45) is 5.41 Å². The van der Waals surface area contributed by atoms with Crippen molar-refractivity contribution in [3.63, 3.8) is 0 Å². The van der Waals surface area contributed by atoms with Crippen molar-refractivity contribution >= 4 is 22.4 Å². The maximum absolute atomic E-state index is 13.4. The quantitative estimate of drug-likeness (QED) is 0.350. The molecule has 0 fully saturated rings. The molecular weight excluding hydrogens is 444 g/mol. The van der Waals surface area contributed by atoms with Crippen molar-refractivity contribution in [1.29, 1.82) is 0 Å². The summed E-state index contributed by atoms with van der Waals surface area (Å²) in [7, 11) is 0. The van der Waals surface area contributed by atoms with Crippen LogP contribution in [-0.2, 0) is 11.2 Å². The lowest BCUT2D eigenvalue weighted by Gasteiger charge is -2.37. The third kappa shape index (κ3) is 4.07. The number of para-hydroxylation sites is 1. The van der Waals surface area contributed by atoms with Gasteiger partial charge in [-0.2, -0.15) is 0 Å². The number of carbonyl (C=O) groups excluding carboxylic acids is 1. The Bertz CT molecular complexity index is 1320. The van der Waals surface area contributed by atoms with Gasteiger partial charge in [-0.3, -0.25) is 4.79 Å². The number of anilines is 1. The molecule has 5 rings (SSSR count). The number of hydrogen-bond acceptors (Lipinski definition) is 6. The standard InChI is InChI=1S/C27H26N4O2S/c1-4-7-17-10-12-18(13-11-17)21-15-14-20-23(19-8-5-6-9-22(19)33-24(20)29-21)27(2,3)25(32)30-26-31-28-16-34-26/h5-6,8-16,23H,4,7H2,1-3H3,(H,30,31,32)/t23-/m0/s1. The average Bonchev–Trinajstić information content (AvgIpc) is 3.36. The summed E-state index contributed by atoms with van der Waals surface area (Å²) in [4.78, 5) is 18.3. The van der Waals surface area contributed by atoms with Crippen molar-refractivity contribution in [3.05, 3.63) is 82.9 Å². The Morgan fingerprint density at radius 3 is 2.59 bits per heavy atom. The van der Waals surface area contributed by atoms with Gasteiger partial charge in [-0.1, -0.05) is 87.1 Å². The SMILES string of the molecule is CCCc1ccc(-c2ccc3c(n2)Oc2ccccc2[C@@H]3C(C)(C)C(=O)Nc2nncs2)cc1. The van der Waals surface area contributed by atoms with Gasteiger partial charge in [0.2, 0.25) is 16.9 Å². The third-order valence-corrected chi connectivity index (χ3v) is 6.92. The Hall–Kier alpha value is -3.58. The molecule has 4 aromatic rings. The normalized spacial score (nSPS) is 14.6. The molecule has 6 nitrogen and oxygen atoms in total. The highest BCUT2D eigenvalue weighted by atomic mass is 32.1. The van der Waals surface area contributed by atoms with Gasteiger partial charge in [0, 0.05) is 22.6 Å². The Morgan fingerprint density at radius 2 is 1.85 bits per heavy atom. The zero-order valence-corrected chi connectivity index (χ0v) is 20.2. The van der Waals surface area contributed by atoms with Gasteiger partial charge in [0.05, 0.1) is 11.1 Å². The van der Waals surface area contributed by atoms with E-state index in [4.69, 9.17) is 9.72 Å². The fourth-order valence-electron chi connectivity index (χ4n) is 4.52. The molecule has 1 amide bonds. The largest absolute Gasteiger partial charge is 0.438 e. The molecule has 0 saturated carbocycles. The van der Waals surface area contributed by atoms with Crippen molar-refractivity contribution in [2.45, 2.75) is 39.5 Å². The van der Waals surface area contributed by atoms with Crippen molar-refractivity contribution in [1.82, 2.24) is 15.2 Å². The number of ether oxygens (including phenoxy) is 1. The van der Waals surface area contributed by atoms with Gasteiger partial charge in [-0.05, 0) is 24.1 Å². The highest BCUT2D eigenvalue weighted by Crippen LogP contribution is 2.52. The summed E-state index contributed by atoms with van der Waals surface area (Å²) in [6.45, 7) is 6.07.